The molecule has 9 rings (SSSR count). The van der Waals surface area contributed by atoms with E-state index in [2.05, 4.69) is 0 Å². The molecule has 2 aliphatic rings. The van der Waals surface area contributed by atoms with Crippen LogP contribution in [0.15, 0.2) is 170 Å². The van der Waals surface area contributed by atoms with E-state index in [-0.39, 0.29) is 23.1 Å². The Morgan fingerprint density at radius 1 is 0.296 bits per heavy atom. The number of rotatable bonds is 6. The molecule has 0 radical (unpaired) electrons. The Morgan fingerprint density at radius 3 is 0.981 bits per heavy atom. The van der Waals surface area contributed by atoms with Crippen molar-refractivity contribution < 1.29 is 19.2 Å². The lowest BCUT2D eigenvalue weighted by molar-refractivity contribution is 0.0979. The highest BCUT2D eigenvalue weighted by Crippen LogP contribution is 2.38. The van der Waals surface area contributed by atoms with Gasteiger partial charge in [-0.25, -0.2) is 0 Å². The van der Waals surface area contributed by atoms with Crippen molar-refractivity contribution in [3.05, 3.63) is 248 Å². The highest BCUT2D eigenvalue weighted by atomic mass is 16.1. The summed E-state index contributed by atoms with van der Waals surface area (Å²) >= 11 is 0. The molecule has 7 aromatic carbocycles. The molecule has 0 bridgehead atoms. The molecule has 0 aliphatic heterocycles. The van der Waals surface area contributed by atoms with Gasteiger partial charge in [0.2, 0.25) is 0 Å². The Bertz CT molecular complexity index is 2560. The van der Waals surface area contributed by atoms with Gasteiger partial charge in [-0.15, -0.1) is 0 Å². The van der Waals surface area contributed by atoms with Crippen LogP contribution in [-0.4, -0.2) is 23.1 Å². The van der Waals surface area contributed by atoms with E-state index < -0.39 is 0 Å². The van der Waals surface area contributed by atoms with E-state index >= 15 is 0 Å². The van der Waals surface area contributed by atoms with Crippen LogP contribution in [-0.2, 0) is 0 Å². The fourth-order valence-corrected chi connectivity index (χ4v) is 7.63. The Labute approximate surface area is 312 Å². The van der Waals surface area contributed by atoms with Crippen molar-refractivity contribution in [3.8, 4) is 0 Å². The van der Waals surface area contributed by atoms with E-state index in [9.17, 15) is 19.2 Å². The topological polar surface area (TPSA) is 68.3 Å². The van der Waals surface area contributed by atoms with Crippen molar-refractivity contribution in [2.45, 2.75) is 0 Å². The van der Waals surface area contributed by atoms with Crippen LogP contribution in [0.4, 0.5) is 0 Å². The molecule has 0 saturated heterocycles. The minimum atomic E-state index is -0.168. The van der Waals surface area contributed by atoms with Crippen molar-refractivity contribution in [2.24, 2.45) is 0 Å². The van der Waals surface area contributed by atoms with Gasteiger partial charge in [-0.3, -0.25) is 19.2 Å². The number of hydrogen-bond donors (Lipinski definition) is 0. The molecule has 0 aromatic heterocycles. The van der Waals surface area contributed by atoms with E-state index in [1.165, 1.54) is 0 Å². The number of ketones is 4. The van der Waals surface area contributed by atoms with Crippen molar-refractivity contribution >= 4 is 46.4 Å². The summed E-state index contributed by atoms with van der Waals surface area (Å²) in [6.07, 6.45) is 4.09. The number of hydrogen-bond acceptors (Lipinski definition) is 4. The van der Waals surface area contributed by atoms with Gasteiger partial charge in [0.1, 0.15) is 0 Å². The maximum absolute atomic E-state index is 14.0. The van der Waals surface area contributed by atoms with E-state index in [0.717, 1.165) is 33.4 Å². The number of carbonyl (C=O) groups excluding carboxylic acids is 4. The summed E-state index contributed by atoms with van der Waals surface area (Å²) in [6.45, 7) is 0. The Hall–Kier alpha value is -7.30. The Kier molecular flexibility index (Phi) is 8.06. The fourth-order valence-electron chi connectivity index (χ4n) is 7.63. The first-order valence-electron chi connectivity index (χ1n) is 17.8. The molecule has 0 atom stereocenters. The molecule has 0 fully saturated rings. The largest absolute Gasteiger partial charge is 0.289 e. The lowest BCUT2D eigenvalue weighted by atomic mass is 9.79. The van der Waals surface area contributed by atoms with Crippen molar-refractivity contribution in [1.82, 2.24) is 0 Å². The number of benzene rings is 7. The maximum Gasteiger partial charge on any atom is 0.195 e. The van der Waals surface area contributed by atoms with Crippen LogP contribution in [0.1, 0.15) is 97.1 Å². The average Bonchev–Trinajstić information content (AvgIpc) is 3.23. The van der Waals surface area contributed by atoms with Crippen LogP contribution >= 0.6 is 0 Å². The summed E-state index contributed by atoms with van der Waals surface area (Å²) in [5, 5.41) is 0. The molecule has 4 nitrogen and oxygen atoms in total. The molecule has 54 heavy (non-hydrogen) atoms. The molecule has 0 heterocycles. The standard InChI is InChI=1S/C50H30O4/c51-47-37-17-7-9-19-39(37)49(53)45-35(21-11-23-41(45)47)43(33-13-3-1-4-14-33)29-31-25-27-32(28-26-31)30-44(34-15-5-2-6-16-34)36-22-12-24-42-46(36)50(54)40-20-10-8-18-38(40)48(42)52/h1-30H. The van der Waals surface area contributed by atoms with Gasteiger partial charge in [-0.1, -0.05) is 170 Å². The summed E-state index contributed by atoms with van der Waals surface area (Å²) < 4.78 is 0. The van der Waals surface area contributed by atoms with Gasteiger partial charge in [-0.2, -0.15) is 0 Å². The second kappa shape index (κ2) is 13.4. The van der Waals surface area contributed by atoms with Crippen molar-refractivity contribution in [3.63, 3.8) is 0 Å². The molecular weight excluding hydrogens is 665 g/mol. The van der Waals surface area contributed by atoms with Crippen molar-refractivity contribution in [2.75, 3.05) is 0 Å². The lowest BCUT2D eigenvalue weighted by Gasteiger charge is -2.22. The molecule has 0 spiro atoms. The average molecular weight is 695 g/mol. The molecule has 0 amide bonds. The highest BCUT2D eigenvalue weighted by molar-refractivity contribution is 6.31. The molecule has 0 saturated carbocycles. The van der Waals surface area contributed by atoms with Crippen molar-refractivity contribution in [1.29, 1.82) is 0 Å². The van der Waals surface area contributed by atoms with Crippen LogP contribution in [0.2, 0.25) is 0 Å². The fraction of sp³-hybridized carbons (Fsp3) is 0. The molecule has 2 aliphatic carbocycles. The summed E-state index contributed by atoms with van der Waals surface area (Å²) in [4.78, 5) is 55.2. The molecule has 4 heteroatoms. The first kappa shape index (κ1) is 32.6. The maximum atomic E-state index is 14.0. The first-order valence-corrected chi connectivity index (χ1v) is 17.8. The molecule has 0 unspecified atom stereocenters. The van der Waals surface area contributed by atoms with Gasteiger partial charge >= 0.3 is 0 Å². The zero-order valence-corrected chi connectivity index (χ0v) is 29.0. The van der Waals surface area contributed by atoms with Gasteiger partial charge in [-0.05, 0) is 56.7 Å². The Balaban J connectivity index is 1.15. The van der Waals surface area contributed by atoms with E-state index in [4.69, 9.17) is 0 Å². The van der Waals surface area contributed by atoms with Crippen LogP contribution in [0.5, 0.6) is 0 Å². The smallest absolute Gasteiger partial charge is 0.195 e. The van der Waals surface area contributed by atoms with Gasteiger partial charge in [0.05, 0.1) is 0 Å². The number of fused-ring (bicyclic) bond motifs is 4. The summed E-state index contributed by atoms with van der Waals surface area (Å²) in [6, 6.07) is 52.7. The molecule has 0 N–H and O–H groups in total. The summed E-state index contributed by atoms with van der Waals surface area (Å²) in [7, 11) is 0. The molecule has 254 valence electrons. The normalized spacial score (nSPS) is 13.6. The summed E-state index contributed by atoms with van der Waals surface area (Å²) in [5.41, 5.74) is 9.93. The second-order valence-corrected chi connectivity index (χ2v) is 13.4. The van der Waals surface area contributed by atoms with Gasteiger partial charge in [0.15, 0.2) is 23.1 Å². The predicted molar refractivity (Wildman–Crippen MR) is 213 cm³/mol. The summed E-state index contributed by atoms with van der Waals surface area (Å²) in [5.74, 6) is -0.652. The third-order valence-electron chi connectivity index (χ3n) is 10.2. The second-order valence-electron chi connectivity index (χ2n) is 13.4. The highest BCUT2D eigenvalue weighted by Gasteiger charge is 2.33. The minimum Gasteiger partial charge on any atom is -0.289 e. The van der Waals surface area contributed by atoms with Crippen LogP contribution in [0, 0.1) is 0 Å². The van der Waals surface area contributed by atoms with E-state index in [1.807, 2.05) is 121 Å². The zero-order valence-electron chi connectivity index (χ0n) is 29.0. The van der Waals surface area contributed by atoms with Gasteiger partial charge in [0.25, 0.3) is 0 Å². The SMILES string of the molecule is O=C1c2ccccc2C(=O)c2c1cccc2C(=Cc1ccc(C=C(c2ccccc2)c2cccc3c2C(=O)c2ccccc2C3=O)cc1)c1ccccc1. The quantitative estimate of drug-likeness (QED) is 0.163. The monoisotopic (exact) mass is 694 g/mol. The van der Waals surface area contributed by atoms with Crippen LogP contribution in [0.3, 0.4) is 0 Å². The van der Waals surface area contributed by atoms with E-state index in [1.54, 1.807) is 60.7 Å². The molecular formula is C50H30O4. The predicted octanol–water partition coefficient (Wildman–Crippen LogP) is 10.4. The Morgan fingerprint density at radius 2 is 0.611 bits per heavy atom. The molecule has 7 aromatic rings. The zero-order chi connectivity index (χ0) is 36.8. The van der Waals surface area contributed by atoms with Crippen LogP contribution in [0.25, 0.3) is 23.3 Å². The third-order valence-corrected chi connectivity index (χ3v) is 10.2. The number of carbonyl (C=O) groups is 4. The van der Waals surface area contributed by atoms with Gasteiger partial charge < -0.3 is 0 Å². The first-order chi connectivity index (χ1) is 26.5. The minimum absolute atomic E-state index is 0.158. The lowest BCUT2D eigenvalue weighted by Crippen LogP contribution is -2.22. The van der Waals surface area contributed by atoms with Gasteiger partial charge in [0, 0.05) is 44.5 Å². The van der Waals surface area contributed by atoms with E-state index in [0.29, 0.717) is 55.6 Å². The third kappa shape index (κ3) is 5.49. The van der Waals surface area contributed by atoms with Crippen LogP contribution < -0.4 is 0 Å².